The first-order valence-corrected chi connectivity index (χ1v) is 11.9. The van der Waals surface area contributed by atoms with E-state index in [0.29, 0.717) is 36.1 Å². The van der Waals surface area contributed by atoms with E-state index in [2.05, 4.69) is 13.7 Å². The fourth-order valence-electron chi connectivity index (χ4n) is 5.04. The van der Waals surface area contributed by atoms with Gasteiger partial charge in [-0.3, -0.25) is 4.98 Å². The first-order chi connectivity index (χ1) is 13.9. The molecule has 3 heterocycles. The number of fused-ring (bicyclic) bond motifs is 2. The van der Waals surface area contributed by atoms with Crippen LogP contribution in [-0.4, -0.2) is 44.7 Å². The van der Waals surface area contributed by atoms with Gasteiger partial charge in [0, 0.05) is 37.0 Å². The van der Waals surface area contributed by atoms with Crippen LogP contribution in [0.1, 0.15) is 30.4 Å². The molecule has 2 aliphatic rings. The summed E-state index contributed by atoms with van der Waals surface area (Å²) in [6.07, 6.45) is 5.79. The van der Waals surface area contributed by atoms with Gasteiger partial charge in [-0.1, -0.05) is 12.1 Å². The van der Waals surface area contributed by atoms with Crippen molar-refractivity contribution in [3.8, 4) is 0 Å². The number of aliphatic hydroxyl groups is 1. The average Bonchev–Trinajstić information content (AvgIpc) is 3.36. The second kappa shape index (κ2) is 6.80. The molecule has 1 saturated heterocycles. The van der Waals surface area contributed by atoms with E-state index >= 15 is 0 Å². The van der Waals surface area contributed by atoms with Gasteiger partial charge in [-0.15, -0.1) is 0 Å². The molecular weight excluding hydrogens is 408 g/mol. The smallest absolute Gasteiger partial charge is 0.245 e. The maximum absolute atomic E-state index is 13.6. The Kier molecular flexibility index (Phi) is 4.47. The second-order valence-corrected chi connectivity index (χ2v) is 10.5. The maximum Gasteiger partial charge on any atom is 0.245 e. The number of aromatic nitrogens is 3. The van der Waals surface area contributed by atoms with Gasteiger partial charge in [0.25, 0.3) is 0 Å². The second-order valence-electron chi connectivity index (χ2n) is 8.09. The number of hydrogen-bond acceptors (Lipinski definition) is 7. The van der Waals surface area contributed by atoms with Crippen LogP contribution in [0.25, 0.3) is 11.0 Å². The maximum atomic E-state index is 13.6. The number of hydrogen-bond donors (Lipinski definition) is 1. The quantitative estimate of drug-likeness (QED) is 0.686. The molecule has 0 unspecified atom stereocenters. The van der Waals surface area contributed by atoms with Crippen molar-refractivity contribution >= 4 is 32.8 Å². The highest BCUT2D eigenvalue weighted by Crippen LogP contribution is 2.49. The summed E-state index contributed by atoms with van der Waals surface area (Å²) in [6, 6.07) is 7.29. The molecule has 7 nitrogen and oxygen atoms in total. The van der Waals surface area contributed by atoms with Crippen molar-refractivity contribution in [3.05, 3.63) is 47.8 Å². The first kappa shape index (κ1) is 19.0. The lowest BCUT2D eigenvalue weighted by Gasteiger charge is -2.41. The van der Waals surface area contributed by atoms with Crippen molar-refractivity contribution < 1.29 is 13.5 Å². The molecule has 1 aromatic carbocycles. The molecule has 1 saturated carbocycles. The standard InChI is InChI=1S/C20H22N4O3S2/c1-13-6-7-17-18(23-28-22-17)19(13)29(26,27)24-11-14-4-2-8-20(25,16(14)12-24)15-5-3-9-21-10-15/h3,5-7,9-10,14,16,25H,2,4,8,11-12H2,1H3/t14-,16-,20+/m0/s1. The third-order valence-corrected chi connectivity index (χ3v) is 9.04. The Hall–Kier alpha value is -1.94. The molecule has 3 atom stereocenters. The Morgan fingerprint density at radius 3 is 2.90 bits per heavy atom. The number of sulfonamides is 1. The summed E-state index contributed by atoms with van der Waals surface area (Å²) in [5.74, 6) is -0.0277. The lowest BCUT2D eigenvalue weighted by atomic mass is 9.68. The molecule has 29 heavy (non-hydrogen) atoms. The number of rotatable bonds is 3. The van der Waals surface area contributed by atoms with Gasteiger partial charge in [-0.2, -0.15) is 13.1 Å². The minimum absolute atomic E-state index is 0.122. The van der Waals surface area contributed by atoms with Crippen LogP contribution < -0.4 is 0 Å². The summed E-state index contributed by atoms with van der Waals surface area (Å²) in [5, 5.41) is 11.6. The Morgan fingerprint density at radius 1 is 1.24 bits per heavy atom. The minimum atomic E-state index is -3.75. The molecular formula is C20H22N4O3S2. The molecule has 1 N–H and O–H groups in total. The molecule has 0 bridgehead atoms. The zero-order valence-electron chi connectivity index (χ0n) is 16.0. The van der Waals surface area contributed by atoms with Gasteiger partial charge in [-0.05, 0) is 49.8 Å². The normalized spacial score (nSPS) is 27.9. The highest BCUT2D eigenvalue weighted by atomic mass is 32.2. The molecule has 152 valence electrons. The summed E-state index contributed by atoms with van der Waals surface area (Å²) < 4.78 is 37.2. The van der Waals surface area contributed by atoms with E-state index in [9.17, 15) is 13.5 Å². The fraction of sp³-hybridized carbons (Fsp3) is 0.450. The predicted octanol–water partition coefficient (Wildman–Crippen LogP) is 2.70. The van der Waals surface area contributed by atoms with Gasteiger partial charge in [0.2, 0.25) is 10.0 Å². The van der Waals surface area contributed by atoms with Crippen LogP contribution in [0.15, 0.2) is 41.6 Å². The van der Waals surface area contributed by atoms with Crippen molar-refractivity contribution in [2.24, 2.45) is 11.8 Å². The summed E-state index contributed by atoms with van der Waals surface area (Å²) in [7, 11) is -3.75. The predicted molar refractivity (Wildman–Crippen MR) is 110 cm³/mol. The minimum Gasteiger partial charge on any atom is -0.385 e. The van der Waals surface area contributed by atoms with Crippen molar-refractivity contribution in [2.75, 3.05) is 13.1 Å². The molecule has 2 fully saturated rings. The number of pyridine rings is 1. The van der Waals surface area contributed by atoms with E-state index in [0.717, 1.165) is 30.1 Å². The SMILES string of the molecule is Cc1ccc2nsnc2c1S(=O)(=O)N1C[C@@H]2CCC[C@@](O)(c3cccnc3)[C@H]2C1. The lowest BCUT2D eigenvalue weighted by molar-refractivity contribution is -0.0643. The fourth-order valence-corrected chi connectivity index (χ4v) is 7.51. The average molecular weight is 431 g/mol. The summed E-state index contributed by atoms with van der Waals surface area (Å²) in [5.41, 5.74) is 1.43. The van der Waals surface area contributed by atoms with Gasteiger partial charge in [-0.25, -0.2) is 8.42 Å². The van der Waals surface area contributed by atoms with Gasteiger partial charge < -0.3 is 5.11 Å². The Balaban J connectivity index is 1.54. The highest BCUT2D eigenvalue weighted by molar-refractivity contribution is 7.89. The van der Waals surface area contributed by atoms with Crippen molar-refractivity contribution in [2.45, 2.75) is 36.7 Å². The first-order valence-electron chi connectivity index (χ1n) is 9.76. The monoisotopic (exact) mass is 430 g/mol. The third-order valence-electron chi connectivity index (χ3n) is 6.49. The van der Waals surface area contributed by atoms with Crippen LogP contribution in [0.2, 0.25) is 0 Å². The molecule has 0 spiro atoms. The molecule has 0 radical (unpaired) electrons. The number of aryl methyl sites for hydroxylation is 1. The van der Waals surface area contributed by atoms with E-state index in [1.54, 1.807) is 31.5 Å². The van der Waals surface area contributed by atoms with Crippen LogP contribution in [0.4, 0.5) is 0 Å². The van der Waals surface area contributed by atoms with Gasteiger partial charge in [0.15, 0.2) is 0 Å². The molecule has 3 aromatic rings. The van der Waals surface area contributed by atoms with Crippen molar-refractivity contribution in [1.82, 2.24) is 18.0 Å². The number of nitrogens with zero attached hydrogens (tertiary/aromatic N) is 4. The lowest BCUT2D eigenvalue weighted by Crippen LogP contribution is -2.43. The zero-order valence-corrected chi connectivity index (χ0v) is 17.7. The van der Waals surface area contributed by atoms with Crippen LogP contribution in [0.3, 0.4) is 0 Å². The van der Waals surface area contributed by atoms with Crippen LogP contribution in [0, 0.1) is 18.8 Å². The zero-order chi connectivity index (χ0) is 20.2. The van der Waals surface area contributed by atoms with E-state index in [4.69, 9.17) is 0 Å². The van der Waals surface area contributed by atoms with Gasteiger partial charge in [0.1, 0.15) is 15.9 Å². The van der Waals surface area contributed by atoms with E-state index in [1.807, 2.05) is 12.1 Å². The van der Waals surface area contributed by atoms with Crippen LogP contribution >= 0.6 is 11.7 Å². The summed E-state index contributed by atoms with van der Waals surface area (Å²) in [6.45, 7) is 2.51. The molecule has 0 amide bonds. The molecule has 5 rings (SSSR count). The van der Waals surface area contributed by atoms with Gasteiger partial charge in [0.05, 0.1) is 17.3 Å². The Morgan fingerprint density at radius 2 is 2.10 bits per heavy atom. The van der Waals surface area contributed by atoms with E-state index in [1.165, 1.54) is 4.31 Å². The molecule has 1 aliphatic heterocycles. The van der Waals surface area contributed by atoms with E-state index in [-0.39, 0.29) is 16.7 Å². The van der Waals surface area contributed by atoms with Crippen LogP contribution in [-0.2, 0) is 15.6 Å². The summed E-state index contributed by atoms with van der Waals surface area (Å²) >= 11 is 1.02. The number of benzene rings is 1. The van der Waals surface area contributed by atoms with Crippen molar-refractivity contribution in [3.63, 3.8) is 0 Å². The summed E-state index contributed by atoms with van der Waals surface area (Å²) in [4.78, 5) is 4.41. The molecule has 2 aromatic heterocycles. The Bertz CT molecular complexity index is 1160. The highest BCUT2D eigenvalue weighted by Gasteiger charge is 2.52. The topological polar surface area (TPSA) is 96.3 Å². The molecule has 9 heteroatoms. The van der Waals surface area contributed by atoms with Crippen molar-refractivity contribution in [1.29, 1.82) is 0 Å². The van der Waals surface area contributed by atoms with Gasteiger partial charge >= 0.3 is 0 Å². The third kappa shape index (κ3) is 2.91. The van der Waals surface area contributed by atoms with E-state index < -0.39 is 15.6 Å². The van der Waals surface area contributed by atoms with Crippen LogP contribution in [0.5, 0.6) is 0 Å². The Labute approximate surface area is 173 Å². The molecule has 1 aliphatic carbocycles. The largest absolute Gasteiger partial charge is 0.385 e.